The van der Waals surface area contributed by atoms with Crippen molar-refractivity contribution in [1.29, 1.82) is 0 Å². The number of nitrogens with zero attached hydrogens (tertiary/aromatic N) is 4. The van der Waals surface area contributed by atoms with Crippen LogP contribution in [0.15, 0.2) is 33.3 Å². The number of benzene rings is 1. The third kappa shape index (κ3) is 3.48. The molecular weight excluding hydrogens is 324 g/mol. The quantitative estimate of drug-likeness (QED) is 0.694. The van der Waals surface area contributed by atoms with Crippen LogP contribution < -0.4 is 0 Å². The highest BCUT2D eigenvalue weighted by Gasteiger charge is 2.16. The van der Waals surface area contributed by atoms with E-state index in [0.717, 1.165) is 5.56 Å². The minimum Gasteiger partial charge on any atom is -0.338 e. The maximum absolute atomic E-state index is 5.96. The van der Waals surface area contributed by atoms with Gasteiger partial charge in [0.25, 0.3) is 5.89 Å². The Kier molecular flexibility index (Phi) is 4.44. The number of thioether (sulfide) groups is 1. The van der Waals surface area contributed by atoms with Crippen molar-refractivity contribution < 1.29 is 9.05 Å². The minimum atomic E-state index is 0.0642. The molecule has 6 nitrogen and oxygen atoms in total. The summed E-state index contributed by atoms with van der Waals surface area (Å²) < 4.78 is 10.4. The van der Waals surface area contributed by atoms with Crippen molar-refractivity contribution in [2.45, 2.75) is 24.9 Å². The third-order valence-electron chi connectivity index (χ3n) is 2.89. The summed E-state index contributed by atoms with van der Waals surface area (Å²) in [5, 5.41) is 8.46. The molecule has 0 aliphatic heterocycles. The van der Waals surface area contributed by atoms with Crippen molar-refractivity contribution in [3.8, 4) is 11.5 Å². The Morgan fingerprint density at radius 2 is 2.09 bits per heavy atom. The van der Waals surface area contributed by atoms with Crippen LogP contribution in [0.2, 0.25) is 5.02 Å². The smallest absolute Gasteiger partial charge is 0.258 e. The molecule has 0 N–H and O–H groups in total. The molecule has 0 saturated carbocycles. The van der Waals surface area contributed by atoms with Crippen molar-refractivity contribution in [3.63, 3.8) is 0 Å². The Morgan fingerprint density at radius 3 is 2.82 bits per heavy atom. The van der Waals surface area contributed by atoms with Crippen LogP contribution in [-0.2, 0) is 5.75 Å². The summed E-state index contributed by atoms with van der Waals surface area (Å²) in [5.41, 5.74) is 0.803. The first-order chi connectivity index (χ1) is 10.6. The van der Waals surface area contributed by atoms with Crippen LogP contribution in [0.5, 0.6) is 0 Å². The average Bonchev–Trinajstić information content (AvgIpc) is 3.14. The highest BCUT2D eigenvalue weighted by Crippen LogP contribution is 2.30. The molecule has 1 atom stereocenters. The van der Waals surface area contributed by atoms with E-state index < -0.39 is 0 Å². The van der Waals surface area contributed by atoms with E-state index in [1.54, 1.807) is 30.8 Å². The maximum Gasteiger partial charge on any atom is 0.258 e. The molecule has 0 aliphatic carbocycles. The highest BCUT2D eigenvalue weighted by atomic mass is 35.5. The van der Waals surface area contributed by atoms with Gasteiger partial charge in [-0.15, -0.1) is 11.8 Å². The second-order valence-corrected chi connectivity index (χ2v) is 6.42. The topological polar surface area (TPSA) is 77.8 Å². The zero-order chi connectivity index (χ0) is 15.5. The van der Waals surface area contributed by atoms with Gasteiger partial charge >= 0.3 is 0 Å². The molecular formula is C14H13ClN4O2S. The molecule has 0 amide bonds. The first kappa shape index (κ1) is 15.1. The maximum atomic E-state index is 5.96. The van der Waals surface area contributed by atoms with E-state index in [1.807, 2.05) is 19.1 Å². The number of aryl methyl sites for hydroxylation is 1. The van der Waals surface area contributed by atoms with Crippen molar-refractivity contribution in [1.82, 2.24) is 20.3 Å². The fraction of sp³-hybridized carbons (Fsp3) is 0.286. The number of aromatic nitrogens is 4. The number of rotatable bonds is 5. The van der Waals surface area contributed by atoms with Crippen molar-refractivity contribution >= 4 is 23.4 Å². The van der Waals surface area contributed by atoms with Crippen LogP contribution in [0.3, 0.4) is 0 Å². The van der Waals surface area contributed by atoms with Gasteiger partial charge in [-0.05, 0) is 32.0 Å². The Hall–Kier alpha value is -1.86. The zero-order valence-corrected chi connectivity index (χ0v) is 13.6. The van der Waals surface area contributed by atoms with Gasteiger partial charge in [0.1, 0.15) is 0 Å². The summed E-state index contributed by atoms with van der Waals surface area (Å²) in [5.74, 6) is 2.89. The summed E-state index contributed by atoms with van der Waals surface area (Å²) in [6, 6.07) is 7.30. The molecule has 0 fully saturated rings. The van der Waals surface area contributed by atoms with Crippen LogP contribution in [0.1, 0.15) is 29.7 Å². The summed E-state index contributed by atoms with van der Waals surface area (Å²) in [6.07, 6.45) is 0. The molecule has 0 saturated heterocycles. The lowest BCUT2D eigenvalue weighted by atomic mass is 10.2. The van der Waals surface area contributed by atoms with Gasteiger partial charge in [0.2, 0.25) is 5.89 Å². The number of hydrogen-bond donors (Lipinski definition) is 0. The predicted molar refractivity (Wildman–Crippen MR) is 83.5 cm³/mol. The zero-order valence-electron chi connectivity index (χ0n) is 12.0. The summed E-state index contributed by atoms with van der Waals surface area (Å²) in [4.78, 5) is 8.58. The van der Waals surface area contributed by atoms with Crippen LogP contribution in [0.4, 0.5) is 0 Å². The first-order valence-electron chi connectivity index (χ1n) is 6.62. The number of halogens is 1. The number of hydrogen-bond acceptors (Lipinski definition) is 7. The van der Waals surface area contributed by atoms with Crippen molar-refractivity contribution in [2.75, 3.05) is 0 Å². The molecule has 114 valence electrons. The average molecular weight is 337 g/mol. The van der Waals surface area contributed by atoms with Crippen molar-refractivity contribution in [2.24, 2.45) is 0 Å². The Morgan fingerprint density at radius 1 is 1.23 bits per heavy atom. The standard InChI is InChI=1S/C14H13ClN4O2S/c1-8(13-16-9(2)18-20-13)22-7-12-17-14(21-19-12)10-4-3-5-11(15)6-10/h3-6,8H,7H2,1-2H3. The molecule has 0 bridgehead atoms. The predicted octanol–water partition coefficient (Wildman–Crippen LogP) is 4.08. The molecule has 2 aromatic heterocycles. The van der Waals surface area contributed by atoms with E-state index in [1.165, 1.54) is 0 Å². The molecule has 3 rings (SSSR count). The summed E-state index contributed by atoms with van der Waals surface area (Å²) in [7, 11) is 0. The molecule has 3 aromatic rings. The van der Waals surface area contributed by atoms with E-state index >= 15 is 0 Å². The Bertz CT molecular complexity index is 774. The molecule has 22 heavy (non-hydrogen) atoms. The van der Waals surface area contributed by atoms with Gasteiger partial charge in [-0.2, -0.15) is 9.97 Å². The third-order valence-corrected chi connectivity index (χ3v) is 4.25. The van der Waals surface area contributed by atoms with Gasteiger partial charge in [-0.25, -0.2) is 0 Å². The molecule has 0 aliphatic rings. The molecule has 8 heteroatoms. The van der Waals surface area contributed by atoms with Gasteiger partial charge in [0.15, 0.2) is 11.6 Å². The van der Waals surface area contributed by atoms with E-state index in [-0.39, 0.29) is 5.25 Å². The van der Waals surface area contributed by atoms with Gasteiger partial charge in [0, 0.05) is 10.6 Å². The van der Waals surface area contributed by atoms with Crippen molar-refractivity contribution in [3.05, 3.63) is 46.8 Å². The largest absolute Gasteiger partial charge is 0.338 e. The fourth-order valence-corrected chi connectivity index (χ4v) is 2.75. The second-order valence-electron chi connectivity index (χ2n) is 4.66. The normalized spacial score (nSPS) is 12.5. The lowest BCUT2D eigenvalue weighted by molar-refractivity contribution is 0.376. The lowest BCUT2D eigenvalue weighted by Gasteiger charge is -2.02. The molecule has 0 spiro atoms. The van der Waals surface area contributed by atoms with Crippen LogP contribution >= 0.6 is 23.4 Å². The van der Waals surface area contributed by atoms with E-state index in [9.17, 15) is 0 Å². The highest BCUT2D eigenvalue weighted by molar-refractivity contribution is 7.98. The van der Waals surface area contributed by atoms with Crippen LogP contribution in [0.25, 0.3) is 11.5 Å². The molecule has 2 heterocycles. The van der Waals surface area contributed by atoms with Gasteiger partial charge in [-0.1, -0.05) is 28.0 Å². The summed E-state index contributed by atoms with van der Waals surface area (Å²) >= 11 is 7.56. The van der Waals surface area contributed by atoms with Gasteiger partial charge in [-0.3, -0.25) is 0 Å². The Balaban J connectivity index is 1.65. The lowest BCUT2D eigenvalue weighted by Crippen LogP contribution is -1.92. The molecule has 1 unspecified atom stereocenters. The monoisotopic (exact) mass is 336 g/mol. The van der Waals surface area contributed by atoms with E-state index in [0.29, 0.717) is 34.2 Å². The fourth-order valence-electron chi connectivity index (χ4n) is 1.80. The van der Waals surface area contributed by atoms with E-state index in [2.05, 4.69) is 20.3 Å². The first-order valence-corrected chi connectivity index (χ1v) is 8.05. The van der Waals surface area contributed by atoms with Gasteiger partial charge < -0.3 is 9.05 Å². The molecule has 1 aromatic carbocycles. The Labute approximate surface area is 136 Å². The van der Waals surface area contributed by atoms with Gasteiger partial charge in [0.05, 0.1) is 11.0 Å². The second kappa shape index (κ2) is 6.50. The van der Waals surface area contributed by atoms with Crippen LogP contribution in [0, 0.1) is 6.92 Å². The summed E-state index contributed by atoms with van der Waals surface area (Å²) in [6.45, 7) is 3.79. The SMILES string of the molecule is Cc1noc(C(C)SCc2noc(-c3cccc(Cl)c3)n2)n1. The van der Waals surface area contributed by atoms with Crippen LogP contribution in [-0.4, -0.2) is 20.3 Å². The molecule has 0 radical (unpaired) electrons. The minimum absolute atomic E-state index is 0.0642. The van der Waals surface area contributed by atoms with E-state index in [4.69, 9.17) is 20.6 Å².